The third kappa shape index (κ3) is 15.2. The second-order valence-electron chi connectivity index (χ2n) is 14.0. The van der Waals surface area contributed by atoms with Gasteiger partial charge in [-0.1, -0.05) is 40.4 Å². The highest BCUT2D eigenvalue weighted by Gasteiger charge is 2.25. The number of aromatic carboxylic acids is 1. The zero-order chi connectivity index (χ0) is 55.5. The molecule has 0 unspecified atom stereocenters. The van der Waals surface area contributed by atoms with Crippen LogP contribution in [0.25, 0.3) is 21.5 Å². The lowest BCUT2D eigenvalue weighted by molar-refractivity contribution is -0.432. The van der Waals surface area contributed by atoms with E-state index in [-0.39, 0.29) is 83.5 Å². The summed E-state index contributed by atoms with van der Waals surface area (Å²) in [6.45, 7) is -1.06. The molecule has 400 valence electrons. The standard InChI is InChI=1S/C38H28ClN9O19S5.O3S/c39-36-42-37(44-38(43-36)41-24-6-2-1-5-22(24)35(51)52)40-20-9-8-18-14-27(68-66-64-53)31(33(49)23(18)16-20)47-46-26-7-3-4-19-15-28(69-67-65-54)32(34(50)30(19)26)48-45-25-11-10-21(17-29(25)71(57,58)59)70(55,56)13-12-63-72(60,61)62;1-4(2)3/h1-11,14-17,49-50,53-54H,12-13H2,(H,51,52)(H,57,58,59)(H,60,61,62)(H2,40,41,42,43,44);. The molecule has 0 spiro atoms. The number of nitrogens with one attached hydrogen (secondary N) is 2. The Labute approximate surface area is 439 Å². The molecule has 0 aliphatic carbocycles. The van der Waals surface area contributed by atoms with Gasteiger partial charge in [0, 0.05) is 11.1 Å². The van der Waals surface area contributed by atoms with Crippen LogP contribution in [0, 0.1) is 0 Å². The number of carboxylic acid groups (broad SMARTS) is 1. The summed E-state index contributed by atoms with van der Waals surface area (Å²) < 4.78 is 130. The Hall–Kier alpha value is -7.18. The number of carbonyl (C=O) groups is 1. The first kappa shape index (κ1) is 58.1. The number of aromatic hydroxyl groups is 2. The number of hydrogen-bond acceptors (Lipinski definition) is 30. The monoisotopic (exact) mass is 1190 g/mol. The van der Waals surface area contributed by atoms with Crippen LogP contribution in [0.15, 0.2) is 131 Å². The summed E-state index contributed by atoms with van der Waals surface area (Å²) in [4.78, 5) is 22.1. The molecule has 9 N–H and O–H groups in total. The maximum absolute atomic E-state index is 12.8. The molecule has 31 nitrogen and oxygen atoms in total. The van der Waals surface area contributed by atoms with E-state index < -0.39 is 92.0 Å². The number of benzene rings is 6. The SMILES string of the molecule is O=C(O)c1ccccc1Nc1nc(Cl)nc(Nc2ccc3cc(SOOO)c(N=Nc4cccc5cc(SOOO)c(N=Nc6ccc(S(=O)(=O)CCOS(=O)(=O)O)cc6S(=O)(=O)O)c(O)c45)c(O)c3c2)n1.O=S(=O)=O. The van der Waals surface area contributed by atoms with Crippen LogP contribution in [0.3, 0.4) is 0 Å². The van der Waals surface area contributed by atoms with Gasteiger partial charge in [-0.05, 0) is 83.0 Å². The number of aromatic nitrogens is 3. The Bertz CT molecular complexity index is 3920. The summed E-state index contributed by atoms with van der Waals surface area (Å²) in [5.74, 6) is -3.72. The minimum atomic E-state index is -5.28. The van der Waals surface area contributed by atoms with Crippen LogP contribution < -0.4 is 10.6 Å². The normalized spacial score (nSPS) is 12.0. The number of para-hydroxylation sites is 1. The zero-order valence-electron chi connectivity index (χ0n) is 36.8. The summed E-state index contributed by atoms with van der Waals surface area (Å²) >= 11 is 6.87. The summed E-state index contributed by atoms with van der Waals surface area (Å²) in [6.07, 6.45) is 0. The van der Waals surface area contributed by atoms with Gasteiger partial charge in [-0.15, -0.1) is 41.8 Å². The highest BCUT2D eigenvalue weighted by Crippen LogP contribution is 2.49. The quantitative estimate of drug-likeness (QED) is 0.0108. The molecule has 0 bridgehead atoms. The molecule has 0 amide bonds. The largest absolute Gasteiger partial charge is 0.505 e. The lowest BCUT2D eigenvalue weighted by atomic mass is 10.1. The van der Waals surface area contributed by atoms with Gasteiger partial charge in [-0.2, -0.15) is 31.8 Å². The molecule has 7 rings (SSSR count). The number of sulfone groups is 1. The minimum absolute atomic E-state index is 0.0267. The Morgan fingerprint density at radius 1 is 0.697 bits per heavy atom. The van der Waals surface area contributed by atoms with Crippen LogP contribution in [0.4, 0.5) is 46.0 Å². The fraction of sp³-hybridized carbons (Fsp3) is 0.0526. The first-order valence-electron chi connectivity index (χ1n) is 19.6. The van der Waals surface area contributed by atoms with Gasteiger partial charge in [0.2, 0.25) is 17.2 Å². The van der Waals surface area contributed by atoms with Crippen LogP contribution in [-0.2, 0) is 63.9 Å². The van der Waals surface area contributed by atoms with Gasteiger partial charge in [-0.25, -0.2) is 27.9 Å². The van der Waals surface area contributed by atoms with Crippen molar-refractivity contribution < 1.29 is 101 Å². The first-order valence-corrected chi connectivity index (χ1v) is 26.9. The smallest absolute Gasteiger partial charge is 0.425 e. The van der Waals surface area contributed by atoms with Gasteiger partial charge in [-0.3, -0.25) is 9.11 Å². The topological polar surface area (TPSA) is 471 Å². The van der Waals surface area contributed by atoms with Crippen LogP contribution in [0.2, 0.25) is 5.28 Å². The average Bonchev–Trinajstić information content (AvgIpc) is 3.33. The van der Waals surface area contributed by atoms with Crippen molar-refractivity contribution in [3.05, 3.63) is 102 Å². The summed E-state index contributed by atoms with van der Waals surface area (Å²) in [5.41, 5.74) is -1.21. The van der Waals surface area contributed by atoms with E-state index in [1.165, 1.54) is 54.6 Å². The second kappa shape index (κ2) is 25.1. The predicted molar refractivity (Wildman–Crippen MR) is 261 cm³/mol. The Morgan fingerprint density at radius 3 is 1.92 bits per heavy atom. The van der Waals surface area contributed by atoms with E-state index in [2.05, 4.69) is 69.0 Å². The number of carboxylic acids is 1. The number of phenols is 2. The number of rotatable bonds is 21. The van der Waals surface area contributed by atoms with E-state index in [4.69, 9.17) is 39.3 Å². The number of azo groups is 2. The maximum atomic E-state index is 12.8. The van der Waals surface area contributed by atoms with Gasteiger partial charge < -0.3 is 26.0 Å². The lowest BCUT2D eigenvalue weighted by Crippen LogP contribution is -2.16. The molecule has 1 aromatic heterocycles. The molecule has 0 saturated heterocycles. The zero-order valence-corrected chi connectivity index (χ0v) is 42.4. The van der Waals surface area contributed by atoms with Crippen molar-refractivity contribution in [2.75, 3.05) is 23.0 Å². The Kier molecular flexibility index (Phi) is 19.2. The molecule has 0 radical (unpaired) electrons. The van der Waals surface area contributed by atoms with Crippen LogP contribution in [0.5, 0.6) is 11.5 Å². The number of nitrogens with zero attached hydrogens (tertiary/aromatic N) is 7. The van der Waals surface area contributed by atoms with Crippen LogP contribution in [0.1, 0.15) is 10.4 Å². The van der Waals surface area contributed by atoms with E-state index in [0.717, 1.165) is 12.1 Å². The number of halogens is 1. The van der Waals surface area contributed by atoms with E-state index in [1.54, 1.807) is 18.2 Å². The van der Waals surface area contributed by atoms with Gasteiger partial charge in [0.05, 0.1) is 73.5 Å². The van der Waals surface area contributed by atoms with Crippen molar-refractivity contribution in [2.45, 2.75) is 19.6 Å². The van der Waals surface area contributed by atoms with Crippen molar-refractivity contribution in [1.82, 2.24) is 15.0 Å². The number of fused-ring (bicyclic) bond motifs is 2. The highest BCUT2D eigenvalue weighted by atomic mass is 35.5. The summed E-state index contributed by atoms with van der Waals surface area (Å²) in [7, 11) is -17.9. The Balaban J connectivity index is 0.00000226. The molecule has 0 saturated carbocycles. The molecule has 0 fully saturated rings. The number of hydrogen-bond donors (Lipinski definition) is 9. The average molecular weight is 1190 g/mol. The summed E-state index contributed by atoms with van der Waals surface area (Å²) in [6, 6.07) is 19.9. The fourth-order valence-corrected chi connectivity index (χ4v) is 9.73. The van der Waals surface area contributed by atoms with E-state index in [0.29, 0.717) is 23.5 Å². The van der Waals surface area contributed by atoms with Crippen molar-refractivity contribution in [1.29, 1.82) is 0 Å². The van der Waals surface area contributed by atoms with Gasteiger partial charge in [0.25, 0.3) is 10.1 Å². The summed E-state index contributed by atoms with van der Waals surface area (Å²) in [5, 5.41) is 80.7. The lowest BCUT2D eigenvalue weighted by Gasteiger charge is -2.13. The van der Waals surface area contributed by atoms with E-state index >= 15 is 0 Å². The molecule has 0 aliphatic rings. The van der Waals surface area contributed by atoms with Crippen molar-refractivity contribution in [2.24, 2.45) is 20.5 Å². The molecule has 6 aromatic carbocycles. The number of anilines is 4. The van der Waals surface area contributed by atoms with Crippen molar-refractivity contribution >= 4 is 150 Å². The molecule has 0 aliphatic heterocycles. The Morgan fingerprint density at radius 2 is 1.30 bits per heavy atom. The van der Waals surface area contributed by atoms with Crippen LogP contribution >= 0.6 is 35.7 Å². The molecular weight excluding hydrogens is 1160 g/mol. The molecule has 1 heterocycles. The molecule has 76 heavy (non-hydrogen) atoms. The molecule has 7 aromatic rings. The molecule has 0 atom stereocenters. The molecule has 38 heteroatoms. The molecular formula is C38H28ClN9O22S6. The van der Waals surface area contributed by atoms with Crippen molar-refractivity contribution in [3.63, 3.8) is 0 Å². The second-order valence-corrected chi connectivity index (χ2v) is 20.9. The van der Waals surface area contributed by atoms with Crippen LogP contribution in [-0.4, -0.2) is 106 Å². The third-order valence-electron chi connectivity index (χ3n) is 9.35. The van der Waals surface area contributed by atoms with Crippen molar-refractivity contribution in [3.8, 4) is 11.5 Å². The van der Waals surface area contributed by atoms with Gasteiger partial charge in [0.1, 0.15) is 22.0 Å². The predicted octanol–water partition coefficient (Wildman–Crippen LogP) is 7.95. The van der Waals surface area contributed by atoms with E-state index in [9.17, 15) is 49.9 Å². The van der Waals surface area contributed by atoms with Gasteiger partial charge in [0.15, 0.2) is 21.3 Å². The van der Waals surface area contributed by atoms with E-state index in [1.807, 2.05) is 0 Å². The fourth-order valence-electron chi connectivity index (χ4n) is 6.35. The third-order valence-corrected chi connectivity index (χ3v) is 13.8. The highest BCUT2D eigenvalue weighted by molar-refractivity contribution is 7.95. The first-order chi connectivity index (χ1) is 35.9. The maximum Gasteiger partial charge on any atom is 0.425 e. The van der Waals surface area contributed by atoms with Gasteiger partial charge >= 0.3 is 27.0 Å². The number of phenolic OH excluding ortho intramolecular Hbond substituents is 2. The minimum Gasteiger partial charge on any atom is -0.505 e.